The van der Waals surface area contributed by atoms with Gasteiger partial charge in [-0.1, -0.05) is 6.92 Å². The lowest BCUT2D eigenvalue weighted by molar-refractivity contribution is -0.144. The second kappa shape index (κ2) is 7.38. The van der Waals surface area contributed by atoms with E-state index in [2.05, 4.69) is 10.2 Å². The molecule has 0 saturated carbocycles. The molecule has 0 spiro atoms. The molecule has 0 bridgehead atoms. The van der Waals surface area contributed by atoms with Crippen molar-refractivity contribution in [2.24, 2.45) is 0 Å². The van der Waals surface area contributed by atoms with Crippen LogP contribution >= 0.6 is 0 Å². The van der Waals surface area contributed by atoms with E-state index in [1.54, 1.807) is 6.92 Å². The standard InChI is InChI=1S/C13H26N2O4S/c1-3-6-14-13(2,12(16)17)5-8-15-7-4-10-20(18,19)11-9-15/h14H,3-11H2,1-2H3,(H,16,17). The van der Waals surface area contributed by atoms with Gasteiger partial charge in [0.2, 0.25) is 0 Å². The lowest BCUT2D eigenvalue weighted by atomic mass is 9.97. The summed E-state index contributed by atoms with van der Waals surface area (Å²) in [5.74, 6) is -0.430. The zero-order valence-electron chi connectivity index (χ0n) is 12.4. The molecule has 1 fully saturated rings. The second-order valence-corrected chi connectivity index (χ2v) is 7.96. The molecule has 0 aliphatic carbocycles. The summed E-state index contributed by atoms with van der Waals surface area (Å²) in [6, 6.07) is 0. The highest BCUT2D eigenvalue weighted by molar-refractivity contribution is 7.91. The molecule has 0 amide bonds. The van der Waals surface area contributed by atoms with Gasteiger partial charge >= 0.3 is 5.97 Å². The Kier molecular flexibility index (Phi) is 6.42. The van der Waals surface area contributed by atoms with Crippen LogP contribution in [0.25, 0.3) is 0 Å². The predicted molar refractivity (Wildman–Crippen MR) is 78.7 cm³/mol. The molecule has 1 heterocycles. The normalized spacial score (nSPS) is 22.9. The Morgan fingerprint density at radius 1 is 1.35 bits per heavy atom. The van der Waals surface area contributed by atoms with Gasteiger partial charge in [0, 0.05) is 13.1 Å². The summed E-state index contributed by atoms with van der Waals surface area (Å²) in [6.07, 6.45) is 1.99. The van der Waals surface area contributed by atoms with E-state index in [-0.39, 0.29) is 11.5 Å². The number of nitrogens with zero attached hydrogens (tertiary/aromatic N) is 1. The van der Waals surface area contributed by atoms with Crippen LogP contribution in [0, 0.1) is 0 Å². The minimum absolute atomic E-state index is 0.180. The summed E-state index contributed by atoms with van der Waals surface area (Å²) in [4.78, 5) is 13.4. The molecule has 2 N–H and O–H groups in total. The average Bonchev–Trinajstić information content (AvgIpc) is 2.55. The fraction of sp³-hybridized carbons (Fsp3) is 0.923. The van der Waals surface area contributed by atoms with Gasteiger partial charge in [-0.15, -0.1) is 0 Å². The molecule has 1 aliphatic heterocycles. The van der Waals surface area contributed by atoms with Crippen LogP contribution in [0.1, 0.15) is 33.1 Å². The van der Waals surface area contributed by atoms with E-state index in [9.17, 15) is 18.3 Å². The fourth-order valence-corrected chi connectivity index (χ4v) is 3.58. The van der Waals surface area contributed by atoms with E-state index in [1.165, 1.54) is 0 Å². The van der Waals surface area contributed by atoms with Crippen molar-refractivity contribution in [2.75, 3.05) is 37.7 Å². The molecule has 0 aromatic carbocycles. The first kappa shape index (κ1) is 17.4. The predicted octanol–water partition coefficient (Wildman–Crippen LogP) is 0.340. The Morgan fingerprint density at radius 3 is 2.65 bits per heavy atom. The van der Waals surface area contributed by atoms with E-state index in [0.29, 0.717) is 32.5 Å². The van der Waals surface area contributed by atoms with Crippen molar-refractivity contribution in [1.82, 2.24) is 10.2 Å². The molecule has 7 heteroatoms. The van der Waals surface area contributed by atoms with E-state index in [0.717, 1.165) is 13.0 Å². The first-order valence-electron chi connectivity index (χ1n) is 7.20. The number of sulfone groups is 1. The maximum absolute atomic E-state index is 11.5. The van der Waals surface area contributed by atoms with Gasteiger partial charge in [0.25, 0.3) is 0 Å². The number of carboxylic acids is 1. The highest BCUT2D eigenvalue weighted by atomic mass is 32.2. The van der Waals surface area contributed by atoms with Crippen molar-refractivity contribution in [3.05, 3.63) is 0 Å². The summed E-state index contributed by atoms with van der Waals surface area (Å²) >= 11 is 0. The highest BCUT2D eigenvalue weighted by Gasteiger charge is 2.32. The van der Waals surface area contributed by atoms with Gasteiger partial charge in [-0.25, -0.2) is 8.42 Å². The second-order valence-electron chi connectivity index (χ2n) is 5.66. The minimum Gasteiger partial charge on any atom is -0.480 e. The molecule has 0 radical (unpaired) electrons. The summed E-state index contributed by atoms with van der Waals surface area (Å²) in [6.45, 7) is 6.19. The zero-order chi connectivity index (χ0) is 15.2. The summed E-state index contributed by atoms with van der Waals surface area (Å²) in [5.41, 5.74) is -0.943. The third-order valence-corrected chi connectivity index (χ3v) is 5.53. The van der Waals surface area contributed by atoms with Crippen LogP contribution in [0.5, 0.6) is 0 Å². The molecule has 0 aromatic heterocycles. The van der Waals surface area contributed by atoms with Crippen molar-refractivity contribution in [3.8, 4) is 0 Å². The number of hydrogen-bond acceptors (Lipinski definition) is 5. The monoisotopic (exact) mass is 306 g/mol. The van der Waals surface area contributed by atoms with Crippen molar-refractivity contribution in [1.29, 1.82) is 0 Å². The lowest BCUT2D eigenvalue weighted by Crippen LogP contribution is -2.51. The SMILES string of the molecule is CCCNC(C)(CCN1CCCS(=O)(=O)CC1)C(=O)O. The summed E-state index contributed by atoms with van der Waals surface area (Å²) in [5, 5.41) is 12.4. The van der Waals surface area contributed by atoms with Crippen molar-refractivity contribution >= 4 is 15.8 Å². The smallest absolute Gasteiger partial charge is 0.323 e. The lowest BCUT2D eigenvalue weighted by Gasteiger charge is -2.29. The van der Waals surface area contributed by atoms with Crippen molar-refractivity contribution < 1.29 is 18.3 Å². The van der Waals surface area contributed by atoms with Crippen LogP contribution in [-0.4, -0.2) is 67.6 Å². The third-order valence-electron chi connectivity index (χ3n) is 3.81. The Bertz CT molecular complexity index is 424. The number of nitrogens with one attached hydrogen (secondary N) is 1. The first-order chi connectivity index (χ1) is 9.29. The van der Waals surface area contributed by atoms with Gasteiger partial charge in [-0.05, 0) is 39.3 Å². The largest absolute Gasteiger partial charge is 0.480 e. The Morgan fingerprint density at radius 2 is 2.05 bits per heavy atom. The Balaban J connectivity index is 2.53. The molecule has 1 unspecified atom stereocenters. The molecule has 1 atom stereocenters. The third kappa shape index (κ3) is 5.38. The number of rotatable bonds is 7. The molecule has 20 heavy (non-hydrogen) atoms. The average molecular weight is 306 g/mol. The molecular formula is C13H26N2O4S. The van der Waals surface area contributed by atoms with Crippen LogP contribution in [0.15, 0.2) is 0 Å². The van der Waals surface area contributed by atoms with E-state index in [1.807, 2.05) is 6.92 Å². The van der Waals surface area contributed by atoms with Crippen LogP contribution < -0.4 is 5.32 Å². The number of hydrogen-bond donors (Lipinski definition) is 2. The number of carboxylic acid groups (broad SMARTS) is 1. The van der Waals surface area contributed by atoms with Gasteiger partial charge < -0.3 is 15.3 Å². The van der Waals surface area contributed by atoms with Crippen LogP contribution in [-0.2, 0) is 14.6 Å². The zero-order valence-corrected chi connectivity index (χ0v) is 13.2. The van der Waals surface area contributed by atoms with Crippen molar-refractivity contribution in [2.45, 2.75) is 38.6 Å². The molecule has 118 valence electrons. The first-order valence-corrected chi connectivity index (χ1v) is 9.02. The van der Waals surface area contributed by atoms with Gasteiger partial charge in [-0.2, -0.15) is 0 Å². The Hall–Kier alpha value is -0.660. The maximum Gasteiger partial charge on any atom is 0.323 e. The Labute approximate surface area is 121 Å². The molecular weight excluding hydrogens is 280 g/mol. The minimum atomic E-state index is -2.91. The molecule has 1 saturated heterocycles. The molecule has 1 rings (SSSR count). The number of carbonyl (C=O) groups is 1. The van der Waals surface area contributed by atoms with Crippen LogP contribution in [0.2, 0.25) is 0 Å². The fourth-order valence-electron chi connectivity index (χ4n) is 2.27. The molecule has 0 aromatic rings. The topological polar surface area (TPSA) is 86.7 Å². The van der Waals surface area contributed by atoms with Crippen LogP contribution in [0.3, 0.4) is 0 Å². The summed E-state index contributed by atoms with van der Waals surface area (Å²) < 4.78 is 23.1. The summed E-state index contributed by atoms with van der Waals surface area (Å²) in [7, 11) is -2.91. The molecule has 6 nitrogen and oxygen atoms in total. The van der Waals surface area contributed by atoms with E-state index < -0.39 is 21.3 Å². The molecule has 1 aliphatic rings. The van der Waals surface area contributed by atoms with Gasteiger partial charge in [-0.3, -0.25) is 4.79 Å². The van der Waals surface area contributed by atoms with Crippen LogP contribution in [0.4, 0.5) is 0 Å². The quantitative estimate of drug-likeness (QED) is 0.705. The van der Waals surface area contributed by atoms with Gasteiger partial charge in [0.05, 0.1) is 11.5 Å². The number of aliphatic carboxylic acids is 1. The van der Waals surface area contributed by atoms with E-state index >= 15 is 0 Å². The van der Waals surface area contributed by atoms with Gasteiger partial charge in [0.15, 0.2) is 9.84 Å². The van der Waals surface area contributed by atoms with Crippen molar-refractivity contribution in [3.63, 3.8) is 0 Å². The van der Waals surface area contributed by atoms with Gasteiger partial charge in [0.1, 0.15) is 5.54 Å². The highest BCUT2D eigenvalue weighted by Crippen LogP contribution is 2.13. The van der Waals surface area contributed by atoms with E-state index in [4.69, 9.17) is 0 Å². The maximum atomic E-state index is 11.5.